The molecule has 0 aromatic carbocycles. The highest BCUT2D eigenvalue weighted by Gasteiger charge is 2.22. The summed E-state index contributed by atoms with van der Waals surface area (Å²) in [5.74, 6) is -0.295. The van der Waals surface area contributed by atoms with Crippen LogP contribution >= 0.6 is 0 Å². The molecule has 1 atom stereocenters. The normalized spacial score (nSPS) is 12.1. The molecule has 1 unspecified atom stereocenters. The highest BCUT2D eigenvalue weighted by Crippen LogP contribution is 2.21. The Morgan fingerprint density at radius 3 is 1.45 bits per heavy atom. The maximum atomic E-state index is 13.1. The molecule has 4 heteroatoms. The van der Waals surface area contributed by atoms with Crippen LogP contribution in [-0.2, 0) is 9.59 Å². The number of carbonyl (C=O) groups excluding carboxylic acids is 1. The molecule has 0 heterocycles. The van der Waals surface area contributed by atoms with Crippen molar-refractivity contribution in [2.75, 3.05) is 6.54 Å². The number of amides is 1. The van der Waals surface area contributed by atoms with Crippen molar-refractivity contribution in [1.29, 1.82) is 0 Å². The molecule has 196 valence electrons. The third-order valence-electron chi connectivity index (χ3n) is 6.79. The fourth-order valence-electron chi connectivity index (χ4n) is 4.75. The van der Waals surface area contributed by atoms with Crippen LogP contribution in [-0.4, -0.2) is 34.5 Å². The van der Waals surface area contributed by atoms with Gasteiger partial charge < -0.3 is 10.0 Å². The molecular weight excluding hydrogens is 410 g/mol. The topological polar surface area (TPSA) is 57.6 Å². The van der Waals surface area contributed by atoms with Gasteiger partial charge in [0.25, 0.3) is 0 Å². The van der Waals surface area contributed by atoms with Crippen LogP contribution in [0.3, 0.4) is 0 Å². The molecule has 0 aliphatic rings. The number of aliphatic carboxylic acids is 1. The zero-order valence-electron chi connectivity index (χ0n) is 22.6. The molecule has 0 saturated carbocycles. The molecule has 0 bridgehead atoms. The van der Waals surface area contributed by atoms with Crippen molar-refractivity contribution < 1.29 is 14.7 Å². The average molecular weight is 468 g/mol. The average Bonchev–Trinajstić information content (AvgIpc) is 2.79. The Bertz CT molecular complexity index is 452. The molecule has 4 nitrogen and oxygen atoms in total. The lowest BCUT2D eigenvalue weighted by molar-refractivity contribution is -0.137. The van der Waals surface area contributed by atoms with Crippen molar-refractivity contribution in [2.24, 2.45) is 0 Å². The number of rotatable bonds is 25. The summed E-state index contributed by atoms with van der Waals surface area (Å²) in [4.78, 5) is 26.0. The molecule has 0 fully saturated rings. The Morgan fingerprint density at radius 1 is 0.576 bits per heavy atom. The molecule has 0 saturated heterocycles. The summed E-state index contributed by atoms with van der Waals surface area (Å²) in [5.41, 5.74) is 0. The van der Waals surface area contributed by atoms with Crippen LogP contribution in [0.25, 0.3) is 0 Å². The Hall–Kier alpha value is -1.06. The molecule has 0 aromatic heterocycles. The van der Waals surface area contributed by atoms with Gasteiger partial charge in [0.15, 0.2) is 0 Å². The lowest BCUT2D eigenvalue weighted by Gasteiger charge is -2.32. The van der Waals surface area contributed by atoms with E-state index in [9.17, 15) is 9.59 Å². The molecule has 1 N–H and O–H groups in total. The summed E-state index contributed by atoms with van der Waals surface area (Å²) in [6, 6.07) is 0.409. The van der Waals surface area contributed by atoms with Gasteiger partial charge in [0.05, 0.1) is 0 Å². The second kappa shape index (κ2) is 24.1. The van der Waals surface area contributed by atoms with Gasteiger partial charge in [-0.25, -0.2) is 0 Å². The van der Waals surface area contributed by atoms with Crippen LogP contribution in [0.4, 0.5) is 0 Å². The zero-order chi connectivity index (χ0) is 24.6. The molecule has 0 radical (unpaired) electrons. The molecule has 0 rings (SSSR count). The maximum Gasteiger partial charge on any atom is 0.303 e. The van der Waals surface area contributed by atoms with Gasteiger partial charge >= 0.3 is 5.97 Å². The van der Waals surface area contributed by atoms with Crippen LogP contribution in [0, 0.1) is 0 Å². The van der Waals surface area contributed by atoms with E-state index in [0.29, 0.717) is 18.4 Å². The standard InChI is InChI=1S/C29H57NO3/c1-4-7-9-11-15-18-22-27(23-19-16-12-13-17-21-25-29(32)33)30(26-6-3)28(31)24-20-14-10-8-5-2/h27H,4-26H2,1-3H3,(H,32,33). The second-order valence-corrected chi connectivity index (χ2v) is 10.0. The summed E-state index contributed by atoms with van der Waals surface area (Å²) < 4.78 is 0. The van der Waals surface area contributed by atoms with Crippen LogP contribution in [0.2, 0.25) is 0 Å². The predicted octanol–water partition coefficient (Wildman–Crippen LogP) is 8.91. The summed E-state index contributed by atoms with van der Waals surface area (Å²) in [7, 11) is 0. The molecule has 0 spiro atoms. The van der Waals surface area contributed by atoms with E-state index < -0.39 is 5.97 Å². The van der Waals surface area contributed by atoms with Crippen molar-refractivity contribution in [3.05, 3.63) is 0 Å². The second-order valence-electron chi connectivity index (χ2n) is 10.0. The number of carbonyl (C=O) groups is 2. The number of hydrogen-bond donors (Lipinski definition) is 1. The van der Waals surface area contributed by atoms with E-state index in [0.717, 1.165) is 57.9 Å². The highest BCUT2D eigenvalue weighted by atomic mass is 16.4. The van der Waals surface area contributed by atoms with E-state index in [1.54, 1.807) is 0 Å². The van der Waals surface area contributed by atoms with Gasteiger partial charge in [0.1, 0.15) is 0 Å². The summed E-state index contributed by atoms with van der Waals surface area (Å²) in [5, 5.41) is 8.75. The first-order valence-electron chi connectivity index (χ1n) is 14.6. The van der Waals surface area contributed by atoms with Gasteiger partial charge in [0.2, 0.25) is 5.91 Å². The fourth-order valence-corrected chi connectivity index (χ4v) is 4.75. The minimum atomic E-state index is -0.682. The van der Waals surface area contributed by atoms with E-state index in [-0.39, 0.29) is 0 Å². The molecule has 0 aliphatic heterocycles. The van der Waals surface area contributed by atoms with Crippen molar-refractivity contribution in [1.82, 2.24) is 4.90 Å². The van der Waals surface area contributed by atoms with Gasteiger partial charge in [-0.05, 0) is 32.1 Å². The quantitative estimate of drug-likeness (QED) is 0.136. The Balaban J connectivity index is 4.55. The smallest absolute Gasteiger partial charge is 0.303 e. The van der Waals surface area contributed by atoms with Gasteiger partial charge in [-0.2, -0.15) is 0 Å². The number of unbranched alkanes of at least 4 members (excludes halogenated alkanes) is 14. The minimum Gasteiger partial charge on any atom is -0.481 e. The van der Waals surface area contributed by atoms with Gasteiger partial charge in [-0.15, -0.1) is 0 Å². The highest BCUT2D eigenvalue weighted by molar-refractivity contribution is 5.76. The third-order valence-corrected chi connectivity index (χ3v) is 6.79. The monoisotopic (exact) mass is 467 g/mol. The van der Waals surface area contributed by atoms with E-state index in [2.05, 4.69) is 25.7 Å². The lowest BCUT2D eigenvalue weighted by atomic mass is 9.97. The molecule has 33 heavy (non-hydrogen) atoms. The molecule has 0 aromatic rings. The van der Waals surface area contributed by atoms with Crippen LogP contribution in [0.1, 0.15) is 162 Å². The third kappa shape index (κ3) is 20.1. The molecule has 0 aliphatic carbocycles. The molecular formula is C29H57NO3. The first-order chi connectivity index (χ1) is 16.1. The first-order valence-corrected chi connectivity index (χ1v) is 14.6. The number of carboxylic acids is 1. The van der Waals surface area contributed by atoms with Crippen LogP contribution in [0.5, 0.6) is 0 Å². The first kappa shape index (κ1) is 31.9. The number of nitrogens with zero attached hydrogens (tertiary/aromatic N) is 1. The number of hydrogen-bond acceptors (Lipinski definition) is 2. The van der Waals surface area contributed by atoms with Crippen molar-refractivity contribution >= 4 is 11.9 Å². The lowest BCUT2D eigenvalue weighted by Crippen LogP contribution is -2.41. The summed E-state index contributed by atoms with van der Waals surface area (Å²) in [6.07, 6.45) is 24.7. The van der Waals surface area contributed by atoms with E-state index >= 15 is 0 Å². The fraction of sp³-hybridized carbons (Fsp3) is 0.931. The zero-order valence-corrected chi connectivity index (χ0v) is 22.6. The molecule has 1 amide bonds. The maximum absolute atomic E-state index is 13.1. The van der Waals surface area contributed by atoms with Crippen molar-refractivity contribution in [3.63, 3.8) is 0 Å². The van der Waals surface area contributed by atoms with Crippen LogP contribution < -0.4 is 0 Å². The van der Waals surface area contributed by atoms with Crippen LogP contribution in [0.15, 0.2) is 0 Å². The van der Waals surface area contributed by atoms with Crippen molar-refractivity contribution in [2.45, 2.75) is 168 Å². The van der Waals surface area contributed by atoms with Gasteiger partial charge in [-0.1, -0.05) is 117 Å². The van der Waals surface area contributed by atoms with E-state index in [1.807, 2.05) is 0 Å². The van der Waals surface area contributed by atoms with Gasteiger partial charge in [0, 0.05) is 25.4 Å². The van der Waals surface area contributed by atoms with Crippen molar-refractivity contribution in [3.8, 4) is 0 Å². The Morgan fingerprint density at radius 2 is 1.00 bits per heavy atom. The van der Waals surface area contributed by atoms with E-state index in [1.165, 1.54) is 83.5 Å². The predicted molar refractivity (Wildman–Crippen MR) is 142 cm³/mol. The summed E-state index contributed by atoms with van der Waals surface area (Å²) in [6.45, 7) is 7.60. The summed E-state index contributed by atoms with van der Waals surface area (Å²) >= 11 is 0. The number of carboxylic acid groups (broad SMARTS) is 1. The van der Waals surface area contributed by atoms with E-state index in [4.69, 9.17) is 5.11 Å². The Labute approximate surface area is 206 Å². The largest absolute Gasteiger partial charge is 0.481 e. The van der Waals surface area contributed by atoms with Gasteiger partial charge in [-0.3, -0.25) is 9.59 Å². The SMILES string of the molecule is CCCCCCCCC(CCCCCCCCC(=O)O)N(CCC)C(=O)CCCCCCC. The minimum absolute atomic E-state index is 0.298. The Kier molecular flexibility index (Phi) is 23.3.